The van der Waals surface area contributed by atoms with E-state index in [1.54, 1.807) is 25.2 Å². The number of nitrogens with one attached hydrogen (secondary N) is 1. The molecular weight excluding hydrogens is 294 g/mol. The smallest absolute Gasteiger partial charge is 0.272 e. The Hall–Kier alpha value is -2.61. The van der Waals surface area contributed by atoms with Crippen LogP contribution in [0, 0.1) is 20.2 Å². The van der Waals surface area contributed by atoms with Crippen LogP contribution in [0.1, 0.15) is 0 Å². The molecule has 108 valence electrons. The maximum atomic E-state index is 10.9. The molecule has 2 aromatic rings. The van der Waals surface area contributed by atoms with Crippen molar-refractivity contribution in [3.8, 4) is 0 Å². The zero-order chi connectivity index (χ0) is 15.4. The zero-order valence-corrected chi connectivity index (χ0v) is 11.8. The number of rotatable bonds is 5. The Morgan fingerprint density at radius 2 is 1.52 bits per heavy atom. The summed E-state index contributed by atoms with van der Waals surface area (Å²) in [6.45, 7) is 0. The summed E-state index contributed by atoms with van der Waals surface area (Å²) in [6, 6.07) is 10.7. The molecule has 8 heteroatoms. The maximum Gasteiger partial charge on any atom is 0.272 e. The van der Waals surface area contributed by atoms with Gasteiger partial charge in [0.1, 0.15) is 0 Å². The SMILES string of the molecule is CNc1cc(Sc2ccc([N+](=O)[O-])cc2)cc([N+](=O)[O-])c1. The monoisotopic (exact) mass is 305 g/mol. The molecule has 0 fully saturated rings. The van der Waals surface area contributed by atoms with Gasteiger partial charge in [0.25, 0.3) is 11.4 Å². The van der Waals surface area contributed by atoms with Gasteiger partial charge in [-0.2, -0.15) is 0 Å². The van der Waals surface area contributed by atoms with Crippen molar-refractivity contribution in [3.63, 3.8) is 0 Å². The fourth-order valence-electron chi connectivity index (χ4n) is 1.66. The second kappa shape index (κ2) is 6.23. The predicted molar refractivity (Wildman–Crippen MR) is 79.9 cm³/mol. The number of non-ortho nitro benzene ring substituents is 2. The van der Waals surface area contributed by atoms with Crippen LogP contribution >= 0.6 is 11.8 Å². The van der Waals surface area contributed by atoms with Crippen molar-refractivity contribution in [2.45, 2.75) is 9.79 Å². The predicted octanol–water partition coefficient (Wildman–Crippen LogP) is 3.70. The van der Waals surface area contributed by atoms with E-state index in [1.807, 2.05) is 0 Å². The van der Waals surface area contributed by atoms with Crippen LogP contribution in [0.15, 0.2) is 52.3 Å². The lowest BCUT2D eigenvalue weighted by Gasteiger charge is -2.05. The molecule has 0 spiro atoms. The lowest BCUT2D eigenvalue weighted by Crippen LogP contribution is -1.93. The Morgan fingerprint density at radius 1 is 0.905 bits per heavy atom. The number of anilines is 1. The minimum atomic E-state index is -0.471. The molecule has 2 rings (SSSR count). The molecule has 0 bridgehead atoms. The molecule has 0 saturated carbocycles. The number of hydrogen-bond acceptors (Lipinski definition) is 6. The van der Waals surface area contributed by atoms with E-state index < -0.39 is 9.85 Å². The first-order valence-electron chi connectivity index (χ1n) is 5.89. The summed E-state index contributed by atoms with van der Waals surface area (Å²) >= 11 is 1.30. The molecule has 1 N–H and O–H groups in total. The number of hydrogen-bond donors (Lipinski definition) is 1. The zero-order valence-electron chi connectivity index (χ0n) is 11.0. The first-order chi connectivity index (χ1) is 9.99. The molecule has 2 aromatic carbocycles. The van der Waals surface area contributed by atoms with Crippen LogP contribution in [0.2, 0.25) is 0 Å². The van der Waals surface area contributed by atoms with Gasteiger partial charge in [-0.05, 0) is 18.2 Å². The summed E-state index contributed by atoms with van der Waals surface area (Å²) in [5, 5.41) is 24.3. The fraction of sp³-hybridized carbons (Fsp3) is 0.0769. The van der Waals surface area contributed by atoms with Gasteiger partial charge in [0.2, 0.25) is 0 Å². The third-order valence-corrected chi connectivity index (χ3v) is 3.65. The van der Waals surface area contributed by atoms with Crippen molar-refractivity contribution in [2.24, 2.45) is 0 Å². The molecule has 0 heterocycles. The van der Waals surface area contributed by atoms with Crippen molar-refractivity contribution in [2.75, 3.05) is 12.4 Å². The summed E-state index contributed by atoms with van der Waals surface area (Å²) in [4.78, 5) is 22.0. The summed E-state index contributed by atoms with van der Waals surface area (Å²) in [7, 11) is 1.68. The lowest BCUT2D eigenvalue weighted by molar-refractivity contribution is -0.385. The highest BCUT2D eigenvalue weighted by atomic mass is 32.2. The number of nitrogens with zero attached hydrogens (tertiary/aromatic N) is 2. The quantitative estimate of drug-likeness (QED) is 0.668. The van der Waals surface area contributed by atoms with Gasteiger partial charge >= 0.3 is 0 Å². The summed E-state index contributed by atoms with van der Waals surface area (Å²) in [5.74, 6) is 0. The third-order valence-electron chi connectivity index (χ3n) is 2.67. The van der Waals surface area contributed by atoms with Crippen LogP contribution in [-0.2, 0) is 0 Å². The van der Waals surface area contributed by atoms with Crippen molar-refractivity contribution in [1.82, 2.24) is 0 Å². The molecule has 0 aromatic heterocycles. The molecule has 0 aliphatic heterocycles. The van der Waals surface area contributed by atoms with Crippen LogP contribution in [0.25, 0.3) is 0 Å². The summed E-state index contributed by atoms with van der Waals surface area (Å²) in [6.07, 6.45) is 0. The molecule has 0 aliphatic carbocycles. The Kier molecular flexibility index (Phi) is 4.39. The summed E-state index contributed by atoms with van der Waals surface area (Å²) < 4.78 is 0. The highest BCUT2D eigenvalue weighted by Crippen LogP contribution is 2.33. The van der Waals surface area contributed by atoms with Crippen LogP contribution in [-0.4, -0.2) is 16.9 Å². The van der Waals surface area contributed by atoms with Gasteiger partial charge in [-0.3, -0.25) is 20.2 Å². The second-order valence-corrected chi connectivity index (χ2v) is 5.22. The Labute approximate surface area is 124 Å². The van der Waals surface area contributed by atoms with E-state index in [9.17, 15) is 20.2 Å². The van der Waals surface area contributed by atoms with Gasteiger partial charge in [0.15, 0.2) is 0 Å². The van der Waals surface area contributed by atoms with Crippen LogP contribution in [0.4, 0.5) is 17.1 Å². The van der Waals surface area contributed by atoms with Gasteiger partial charge in [0, 0.05) is 46.8 Å². The van der Waals surface area contributed by atoms with E-state index in [2.05, 4.69) is 5.32 Å². The minimum absolute atomic E-state index is 0.00809. The Morgan fingerprint density at radius 3 is 2.05 bits per heavy atom. The van der Waals surface area contributed by atoms with Crippen molar-refractivity contribution < 1.29 is 9.85 Å². The van der Waals surface area contributed by atoms with E-state index in [1.165, 1.54) is 36.0 Å². The normalized spacial score (nSPS) is 10.1. The van der Waals surface area contributed by atoms with Crippen molar-refractivity contribution in [1.29, 1.82) is 0 Å². The molecule has 0 amide bonds. The molecule has 0 radical (unpaired) electrons. The maximum absolute atomic E-state index is 10.9. The molecule has 0 saturated heterocycles. The Balaban J connectivity index is 2.28. The number of nitro benzene ring substituents is 2. The Bertz CT molecular complexity index is 688. The van der Waals surface area contributed by atoms with E-state index in [0.29, 0.717) is 10.6 Å². The van der Waals surface area contributed by atoms with Crippen LogP contribution < -0.4 is 5.32 Å². The standard InChI is InChI=1S/C13H11N3O4S/c1-14-9-6-11(16(19)20)8-13(7-9)21-12-4-2-10(3-5-12)15(17)18/h2-8,14H,1H3. The second-order valence-electron chi connectivity index (χ2n) is 4.08. The molecule has 21 heavy (non-hydrogen) atoms. The molecule has 0 aliphatic rings. The van der Waals surface area contributed by atoms with E-state index in [0.717, 1.165) is 4.90 Å². The van der Waals surface area contributed by atoms with Gasteiger partial charge < -0.3 is 5.32 Å². The van der Waals surface area contributed by atoms with Crippen molar-refractivity contribution >= 4 is 28.8 Å². The average molecular weight is 305 g/mol. The van der Waals surface area contributed by atoms with Gasteiger partial charge in [-0.1, -0.05) is 11.8 Å². The largest absolute Gasteiger partial charge is 0.388 e. The third kappa shape index (κ3) is 3.69. The molecular formula is C13H11N3O4S. The highest BCUT2D eigenvalue weighted by Gasteiger charge is 2.11. The fourth-order valence-corrected chi connectivity index (χ4v) is 2.57. The van der Waals surface area contributed by atoms with Gasteiger partial charge in [0.05, 0.1) is 9.85 Å². The molecule has 0 atom stereocenters. The van der Waals surface area contributed by atoms with E-state index in [4.69, 9.17) is 0 Å². The number of nitro groups is 2. The van der Waals surface area contributed by atoms with E-state index >= 15 is 0 Å². The van der Waals surface area contributed by atoms with Gasteiger partial charge in [-0.15, -0.1) is 0 Å². The summed E-state index contributed by atoms with van der Waals surface area (Å²) in [5.41, 5.74) is 0.633. The molecule has 7 nitrogen and oxygen atoms in total. The first-order valence-corrected chi connectivity index (χ1v) is 6.71. The van der Waals surface area contributed by atoms with E-state index in [-0.39, 0.29) is 11.4 Å². The number of benzene rings is 2. The highest BCUT2D eigenvalue weighted by molar-refractivity contribution is 7.99. The van der Waals surface area contributed by atoms with Gasteiger partial charge in [-0.25, -0.2) is 0 Å². The first kappa shape index (κ1) is 14.8. The van der Waals surface area contributed by atoms with Crippen molar-refractivity contribution in [3.05, 3.63) is 62.7 Å². The average Bonchev–Trinajstić information content (AvgIpc) is 2.47. The lowest BCUT2D eigenvalue weighted by atomic mass is 10.3. The molecule has 0 unspecified atom stereocenters. The minimum Gasteiger partial charge on any atom is -0.388 e. The topological polar surface area (TPSA) is 98.3 Å². The van der Waals surface area contributed by atoms with Crippen LogP contribution in [0.5, 0.6) is 0 Å². The van der Waals surface area contributed by atoms with Crippen LogP contribution in [0.3, 0.4) is 0 Å².